The number of halogens is 2. The summed E-state index contributed by atoms with van der Waals surface area (Å²) < 4.78 is 28.3. The van der Waals surface area contributed by atoms with E-state index in [1.807, 2.05) is 24.3 Å². The van der Waals surface area contributed by atoms with E-state index < -0.39 is 11.6 Å². The van der Waals surface area contributed by atoms with Crippen LogP contribution < -0.4 is 0 Å². The van der Waals surface area contributed by atoms with Crippen LogP contribution in [0, 0.1) is 23.5 Å². The van der Waals surface area contributed by atoms with E-state index in [9.17, 15) is 8.78 Å². The van der Waals surface area contributed by atoms with Gasteiger partial charge in [-0.05, 0) is 48.6 Å². The van der Waals surface area contributed by atoms with Gasteiger partial charge in [0.2, 0.25) is 0 Å². The smallest absolute Gasteiger partial charge is 0.142 e. The summed E-state index contributed by atoms with van der Waals surface area (Å²) in [6, 6.07) is 10.6. The first-order valence-electron chi connectivity index (χ1n) is 8.23. The first-order chi connectivity index (χ1) is 11.2. The molecule has 0 aromatic heterocycles. The maximum absolute atomic E-state index is 14.1. The Kier molecular flexibility index (Phi) is 6.35. The largest absolute Gasteiger partial charge is 0.206 e. The zero-order valence-electron chi connectivity index (χ0n) is 13.8. The highest BCUT2D eigenvalue weighted by Crippen LogP contribution is 2.17. The topological polar surface area (TPSA) is 0 Å². The Hall–Kier alpha value is -2.14. The summed E-state index contributed by atoms with van der Waals surface area (Å²) in [6.45, 7) is 4.15. The first-order valence-corrected chi connectivity index (χ1v) is 8.23. The molecular formula is C21H22F2. The zero-order valence-corrected chi connectivity index (χ0v) is 13.8. The maximum Gasteiger partial charge on any atom is 0.142 e. The van der Waals surface area contributed by atoms with Crippen LogP contribution >= 0.6 is 0 Å². The van der Waals surface area contributed by atoms with Crippen LogP contribution in [0.15, 0.2) is 36.4 Å². The lowest BCUT2D eigenvalue weighted by atomic mass is 10.0. The quantitative estimate of drug-likeness (QED) is 0.625. The summed E-state index contributed by atoms with van der Waals surface area (Å²) in [4.78, 5) is 0. The van der Waals surface area contributed by atoms with E-state index >= 15 is 0 Å². The van der Waals surface area contributed by atoms with Crippen molar-refractivity contribution in [2.45, 2.75) is 46.0 Å². The molecule has 2 aromatic carbocycles. The van der Waals surface area contributed by atoms with Gasteiger partial charge in [0.25, 0.3) is 0 Å². The van der Waals surface area contributed by atoms with Gasteiger partial charge in [-0.3, -0.25) is 0 Å². The van der Waals surface area contributed by atoms with Gasteiger partial charge in [-0.25, -0.2) is 8.78 Å². The lowest BCUT2D eigenvalue weighted by Crippen LogP contribution is -1.95. The van der Waals surface area contributed by atoms with E-state index in [0.717, 1.165) is 36.8 Å². The van der Waals surface area contributed by atoms with E-state index in [1.165, 1.54) is 12.1 Å². The zero-order chi connectivity index (χ0) is 16.7. The summed E-state index contributed by atoms with van der Waals surface area (Å²) in [5.41, 5.74) is 2.50. The van der Waals surface area contributed by atoms with Crippen molar-refractivity contribution in [3.05, 3.63) is 70.3 Å². The van der Waals surface area contributed by atoms with Crippen molar-refractivity contribution >= 4 is 0 Å². The predicted octanol–water partition coefficient (Wildman–Crippen LogP) is 5.66. The number of aryl methyl sites for hydroxylation is 2. The highest BCUT2D eigenvalue weighted by Gasteiger charge is 2.09. The fraction of sp³-hybridized carbons (Fsp3) is 0.333. The molecule has 23 heavy (non-hydrogen) atoms. The molecule has 0 amide bonds. The van der Waals surface area contributed by atoms with E-state index in [2.05, 4.69) is 25.7 Å². The van der Waals surface area contributed by atoms with Gasteiger partial charge in [0, 0.05) is 5.56 Å². The van der Waals surface area contributed by atoms with Crippen molar-refractivity contribution in [1.82, 2.24) is 0 Å². The molecule has 0 aliphatic rings. The molecule has 2 aromatic rings. The Balaban J connectivity index is 2.31. The van der Waals surface area contributed by atoms with Gasteiger partial charge in [0.15, 0.2) is 0 Å². The minimum Gasteiger partial charge on any atom is -0.206 e. The average molecular weight is 312 g/mol. The summed E-state index contributed by atoms with van der Waals surface area (Å²) in [5.74, 6) is 4.46. The number of hydrogen-bond donors (Lipinski definition) is 0. The molecular weight excluding hydrogens is 290 g/mol. The van der Waals surface area contributed by atoms with Crippen molar-refractivity contribution in [1.29, 1.82) is 0 Å². The molecule has 0 heterocycles. The molecule has 0 spiro atoms. The molecule has 2 heteroatoms. The van der Waals surface area contributed by atoms with Crippen molar-refractivity contribution in [3.8, 4) is 11.8 Å². The third-order valence-electron chi connectivity index (χ3n) is 3.78. The van der Waals surface area contributed by atoms with Crippen LogP contribution in [0.5, 0.6) is 0 Å². The molecule has 0 aliphatic carbocycles. The van der Waals surface area contributed by atoms with Crippen LogP contribution in [0.25, 0.3) is 0 Å². The fourth-order valence-electron chi connectivity index (χ4n) is 2.53. The van der Waals surface area contributed by atoms with Gasteiger partial charge in [-0.2, -0.15) is 0 Å². The third-order valence-corrected chi connectivity index (χ3v) is 3.78. The van der Waals surface area contributed by atoms with E-state index in [0.29, 0.717) is 12.0 Å². The highest BCUT2D eigenvalue weighted by molar-refractivity contribution is 5.48. The van der Waals surface area contributed by atoms with Gasteiger partial charge in [-0.1, -0.05) is 56.7 Å². The Labute approximate surface area is 137 Å². The van der Waals surface area contributed by atoms with Crippen LogP contribution in [-0.2, 0) is 12.8 Å². The molecule has 0 fully saturated rings. The van der Waals surface area contributed by atoms with Gasteiger partial charge in [0.1, 0.15) is 11.6 Å². The van der Waals surface area contributed by atoms with Crippen molar-refractivity contribution in [3.63, 3.8) is 0 Å². The Bertz CT molecular complexity index is 697. The number of rotatable bonds is 5. The second kappa shape index (κ2) is 8.48. The Morgan fingerprint density at radius 2 is 1.57 bits per heavy atom. The second-order valence-electron chi connectivity index (χ2n) is 5.70. The van der Waals surface area contributed by atoms with Crippen LogP contribution in [0.2, 0.25) is 0 Å². The summed E-state index contributed by atoms with van der Waals surface area (Å²) >= 11 is 0. The highest BCUT2D eigenvalue weighted by atomic mass is 19.1. The summed E-state index contributed by atoms with van der Waals surface area (Å²) in [6.07, 6.45) is 4.53. The van der Waals surface area contributed by atoms with Crippen molar-refractivity contribution < 1.29 is 8.78 Å². The molecule has 0 atom stereocenters. The van der Waals surface area contributed by atoms with E-state index in [1.54, 1.807) is 0 Å². The van der Waals surface area contributed by atoms with Gasteiger partial charge in [0.05, 0.1) is 5.56 Å². The molecule has 0 radical (unpaired) electrons. The molecule has 2 rings (SSSR count). The van der Waals surface area contributed by atoms with Crippen LogP contribution in [0.4, 0.5) is 8.78 Å². The lowest BCUT2D eigenvalue weighted by Gasteiger charge is -2.04. The molecule has 0 nitrogen and oxygen atoms in total. The molecule has 0 aliphatic heterocycles. The molecule has 0 saturated carbocycles. The molecule has 0 bridgehead atoms. The monoisotopic (exact) mass is 312 g/mol. The van der Waals surface area contributed by atoms with E-state index in [4.69, 9.17) is 0 Å². The lowest BCUT2D eigenvalue weighted by molar-refractivity contribution is 0.572. The minimum absolute atomic E-state index is 0.142. The SMILES string of the molecule is CCCCc1cc(F)c(C#Cc2ccccc2CCC)c(F)c1. The van der Waals surface area contributed by atoms with Crippen molar-refractivity contribution in [2.75, 3.05) is 0 Å². The van der Waals surface area contributed by atoms with E-state index in [-0.39, 0.29) is 5.56 Å². The standard InChI is InChI=1S/C21H22F2/c1-3-5-9-16-14-20(22)19(21(23)15-16)13-12-18-11-7-6-10-17(18)8-4-2/h6-7,10-11,14-15H,3-5,8-9H2,1-2H3. The average Bonchev–Trinajstić information content (AvgIpc) is 2.54. The van der Waals surface area contributed by atoms with Crippen LogP contribution in [0.1, 0.15) is 55.4 Å². The molecule has 0 saturated heterocycles. The first kappa shape index (κ1) is 17.2. The van der Waals surface area contributed by atoms with Gasteiger partial charge in [-0.15, -0.1) is 0 Å². The predicted molar refractivity (Wildman–Crippen MR) is 91.4 cm³/mol. The molecule has 120 valence electrons. The number of benzene rings is 2. The van der Waals surface area contributed by atoms with Gasteiger partial charge < -0.3 is 0 Å². The molecule has 0 unspecified atom stereocenters. The summed E-state index contributed by atoms with van der Waals surface area (Å²) in [7, 11) is 0. The summed E-state index contributed by atoms with van der Waals surface area (Å²) in [5, 5.41) is 0. The fourth-order valence-corrected chi connectivity index (χ4v) is 2.53. The Morgan fingerprint density at radius 3 is 2.22 bits per heavy atom. The molecule has 0 N–H and O–H groups in total. The van der Waals surface area contributed by atoms with Gasteiger partial charge >= 0.3 is 0 Å². The van der Waals surface area contributed by atoms with Crippen molar-refractivity contribution in [2.24, 2.45) is 0 Å². The second-order valence-corrected chi connectivity index (χ2v) is 5.70. The number of hydrogen-bond acceptors (Lipinski definition) is 0. The number of unbranched alkanes of at least 4 members (excludes halogenated alkanes) is 1. The van der Waals surface area contributed by atoms with Crippen LogP contribution in [-0.4, -0.2) is 0 Å². The van der Waals surface area contributed by atoms with Crippen LogP contribution in [0.3, 0.4) is 0 Å². The third kappa shape index (κ3) is 4.66. The normalized spacial score (nSPS) is 10.3. The Morgan fingerprint density at radius 1 is 0.870 bits per heavy atom. The maximum atomic E-state index is 14.1. The minimum atomic E-state index is -0.573.